The first-order valence-corrected chi connectivity index (χ1v) is 5.98. The molecule has 1 aliphatic heterocycles. The van der Waals surface area contributed by atoms with Crippen LogP contribution in [0.2, 0.25) is 0 Å². The lowest BCUT2D eigenvalue weighted by Crippen LogP contribution is -2.48. The van der Waals surface area contributed by atoms with Gasteiger partial charge in [-0.3, -0.25) is 4.79 Å². The van der Waals surface area contributed by atoms with E-state index in [1.165, 1.54) is 6.42 Å². The van der Waals surface area contributed by atoms with Gasteiger partial charge in [0.15, 0.2) is 0 Å². The zero-order chi connectivity index (χ0) is 11.5. The highest BCUT2D eigenvalue weighted by atomic mass is 16.2. The van der Waals surface area contributed by atoms with E-state index < -0.39 is 0 Å². The molecule has 1 rings (SSSR count). The van der Waals surface area contributed by atoms with Crippen molar-refractivity contribution in [1.29, 1.82) is 0 Å². The SMILES string of the molecule is CCC1(C)CCN(C(=O)C(C)NC)CC1. The van der Waals surface area contributed by atoms with Crippen molar-refractivity contribution in [3.8, 4) is 0 Å². The van der Waals surface area contributed by atoms with Gasteiger partial charge in [0.2, 0.25) is 5.91 Å². The van der Waals surface area contributed by atoms with Crippen molar-refractivity contribution in [2.45, 2.75) is 46.1 Å². The Morgan fingerprint density at radius 3 is 2.40 bits per heavy atom. The minimum absolute atomic E-state index is 0.0454. The Morgan fingerprint density at radius 2 is 2.00 bits per heavy atom. The highest BCUT2D eigenvalue weighted by Crippen LogP contribution is 2.33. The van der Waals surface area contributed by atoms with Gasteiger partial charge in [-0.15, -0.1) is 0 Å². The van der Waals surface area contributed by atoms with Crippen LogP contribution >= 0.6 is 0 Å². The normalized spacial score (nSPS) is 22.5. The summed E-state index contributed by atoms with van der Waals surface area (Å²) in [4.78, 5) is 13.9. The van der Waals surface area contributed by atoms with Crippen LogP contribution < -0.4 is 5.32 Å². The Balaban J connectivity index is 2.47. The molecule has 1 heterocycles. The predicted molar refractivity (Wildman–Crippen MR) is 62.7 cm³/mol. The number of rotatable bonds is 3. The molecule has 0 spiro atoms. The van der Waals surface area contributed by atoms with Crippen LogP contribution in [0.3, 0.4) is 0 Å². The van der Waals surface area contributed by atoms with Crippen LogP contribution in [0.15, 0.2) is 0 Å². The van der Waals surface area contributed by atoms with Gasteiger partial charge in [-0.2, -0.15) is 0 Å². The van der Waals surface area contributed by atoms with Crippen LogP contribution in [0, 0.1) is 5.41 Å². The maximum atomic E-state index is 11.9. The Morgan fingerprint density at radius 1 is 1.47 bits per heavy atom. The average Bonchev–Trinajstić information content (AvgIpc) is 2.28. The summed E-state index contributed by atoms with van der Waals surface area (Å²) in [7, 11) is 1.84. The summed E-state index contributed by atoms with van der Waals surface area (Å²) in [5.41, 5.74) is 0.458. The third-order valence-corrected chi connectivity index (χ3v) is 3.94. The molecule has 3 nitrogen and oxygen atoms in total. The molecule has 0 aromatic rings. The lowest BCUT2D eigenvalue weighted by atomic mass is 9.78. The summed E-state index contributed by atoms with van der Waals surface area (Å²) in [5, 5.41) is 3.01. The number of nitrogens with zero attached hydrogens (tertiary/aromatic N) is 1. The second-order valence-electron chi connectivity index (χ2n) is 5.00. The smallest absolute Gasteiger partial charge is 0.239 e. The standard InChI is InChI=1S/C12H24N2O/c1-5-12(3)6-8-14(9-7-12)11(15)10(2)13-4/h10,13H,5-9H2,1-4H3. The van der Waals surface area contributed by atoms with Crippen molar-refractivity contribution in [3.63, 3.8) is 0 Å². The summed E-state index contributed by atoms with van der Waals surface area (Å²) < 4.78 is 0. The predicted octanol–water partition coefficient (Wildman–Crippen LogP) is 1.63. The molecule has 3 heteroatoms. The molecule has 0 saturated carbocycles. The van der Waals surface area contributed by atoms with Crippen LogP contribution in [0.4, 0.5) is 0 Å². The van der Waals surface area contributed by atoms with Crippen molar-refractivity contribution < 1.29 is 4.79 Å². The summed E-state index contributed by atoms with van der Waals surface area (Å²) in [6.45, 7) is 8.35. The molecule has 1 N–H and O–H groups in total. The van der Waals surface area contributed by atoms with Gasteiger partial charge in [0.1, 0.15) is 0 Å². The van der Waals surface area contributed by atoms with Crippen molar-refractivity contribution in [1.82, 2.24) is 10.2 Å². The Labute approximate surface area is 93.2 Å². The first-order valence-electron chi connectivity index (χ1n) is 5.98. The number of carbonyl (C=O) groups is 1. The van der Waals surface area contributed by atoms with Gasteiger partial charge in [0.05, 0.1) is 6.04 Å². The third-order valence-electron chi connectivity index (χ3n) is 3.94. The summed E-state index contributed by atoms with van der Waals surface area (Å²) in [5.74, 6) is 0.246. The average molecular weight is 212 g/mol. The molecule has 15 heavy (non-hydrogen) atoms. The van der Waals surface area contributed by atoms with Crippen molar-refractivity contribution in [3.05, 3.63) is 0 Å². The maximum Gasteiger partial charge on any atom is 0.239 e. The first kappa shape index (κ1) is 12.5. The van der Waals surface area contributed by atoms with Crippen molar-refractivity contribution in [2.75, 3.05) is 20.1 Å². The van der Waals surface area contributed by atoms with Gasteiger partial charge in [0, 0.05) is 13.1 Å². The molecule has 1 aliphatic rings. The summed E-state index contributed by atoms with van der Waals surface area (Å²) in [6, 6.07) is -0.0454. The monoisotopic (exact) mass is 212 g/mol. The van der Waals surface area contributed by atoms with Gasteiger partial charge in [-0.05, 0) is 32.2 Å². The molecular formula is C12H24N2O. The molecule has 1 unspecified atom stereocenters. The van der Waals surface area contributed by atoms with Crippen LogP contribution in [-0.4, -0.2) is 37.0 Å². The topological polar surface area (TPSA) is 32.3 Å². The van der Waals surface area contributed by atoms with Gasteiger partial charge in [0.25, 0.3) is 0 Å². The molecule has 88 valence electrons. The van der Waals surface area contributed by atoms with E-state index in [4.69, 9.17) is 0 Å². The minimum Gasteiger partial charge on any atom is -0.341 e. The van der Waals surface area contributed by atoms with E-state index in [1.807, 2.05) is 18.9 Å². The highest BCUT2D eigenvalue weighted by molar-refractivity contribution is 5.81. The highest BCUT2D eigenvalue weighted by Gasteiger charge is 2.31. The fourth-order valence-corrected chi connectivity index (χ4v) is 2.02. The third kappa shape index (κ3) is 2.94. The Kier molecular flexibility index (Phi) is 4.14. The van der Waals surface area contributed by atoms with E-state index in [-0.39, 0.29) is 11.9 Å². The number of likely N-dealkylation sites (tertiary alicyclic amines) is 1. The molecule has 1 amide bonds. The largest absolute Gasteiger partial charge is 0.341 e. The van der Waals surface area contributed by atoms with E-state index in [2.05, 4.69) is 19.2 Å². The second kappa shape index (κ2) is 4.97. The summed E-state index contributed by atoms with van der Waals surface area (Å²) >= 11 is 0. The number of likely N-dealkylation sites (N-methyl/N-ethyl adjacent to an activating group) is 1. The van der Waals surface area contributed by atoms with Gasteiger partial charge >= 0.3 is 0 Å². The van der Waals surface area contributed by atoms with E-state index >= 15 is 0 Å². The van der Waals surface area contributed by atoms with E-state index in [9.17, 15) is 4.79 Å². The molecule has 1 saturated heterocycles. The lowest BCUT2D eigenvalue weighted by Gasteiger charge is -2.39. The molecule has 0 aromatic carbocycles. The molecule has 1 atom stereocenters. The lowest BCUT2D eigenvalue weighted by molar-refractivity contribution is -0.135. The number of amides is 1. The number of nitrogens with one attached hydrogen (secondary N) is 1. The van der Waals surface area contributed by atoms with Gasteiger partial charge < -0.3 is 10.2 Å². The van der Waals surface area contributed by atoms with Gasteiger partial charge in [-0.1, -0.05) is 20.3 Å². The number of hydrogen-bond acceptors (Lipinski definition) is 2. The number of hydrogen-bond donors (Lipinski definition) is 1. The molecule has 0 aromatic heterocycles. The van der Waals surface area contributed by atoms with Crippen LogP contribution in [0.25, 0.3) is 0 Å². The fourth-order valence-electron chi connectivity index (χ4n) is 2.02. The van der Waals surface area contributed by atoms with Crippen LogP contribution in [-0.2, 0) is 4.79 Å². The van der Waals surface area contributed by atoms with Crippen molar-refractivity contribution >= 4 is 5.91 Å². The molecule has 0 radical (unpaired) electrons. The zero-order valence-electron chi connectivity index (χ0n) is 10.5. The first-order chi connectivity index (χ1) is 7.02. The Hall–Kier alpha value is -0.570. The van der Waals surface area contributed by atoms with E-state index in [1.54, 1.807) is 0 Å². The molecule has 1 fully saturated rings. The van der Waals surface area contributed by atoms with E-state index in [0.29, 0.717) is 5.41 Å². The van der Waals surface area contributed by atoms with Crippen LogP contribution in [0.1, 0.15) is 40.0 Å². The minimum atomic E-state index is -0.0454. The molecule has 0 aliphatic carbocycles. The maximum absolute atomic E-state index is 11.9. The fraction of sp³-hybridized carbons (Fsp3) is 0.917. The number of piperidine rings is 1. The van der Waals surface area contributed by atoms with E-state index in [0.717, 1.165) is 25.9 Å². The number of carbonyl (C=O) groups excluding carboxylic acids is 1. The summed E-state index contributed by atoms with van der Waals surface area (Å²) in [6.07, 6.45) is 3.51. The second-order valence-corrected chi connectivity index (χ2v) is 5.00. The molecular weight excluding hydrogens is 188 g/mol. The quantitative estimate of drug-likeness (QED) is 0.771. The zero-order valence-corrected chi connectivity index (χ0v) is 10.5. The van der Waals surface area contributed by atoms with Crippen LogP contribution in [0.5, 0.6) is 0 Å². The Bertz CT molecular complexity index is 220. The van der Waals surface area contributed by atoms with Gasteiger partial charge in [-0.25, -0.2) is 0 Å². The molecule has 0 bridgehead atoms. The van der Waals surface area contributed by atoms with Crippen molar-refractivity contribution in [2.24, 2.45) is 5.41 Å².